The number of nitrogens with zero attached hydrogens (tertiary/aromatic N) is 3. The highest BCUT2D eigenvalue weighted by atomic mass is 127. The molecule has 2 heterocycles. The molecule has 0 bridgehead atoms. The third kappa shape index (κ3) is 1.68. The van der Waals surface area contributed by atoms with Crippen LogP contribution in [-0.2, 0) is 0 Å². The number of halogens is 1. The lowest BCUT2D eigenvalue weighted by atomic mass is 10.0. The minimum absolute atomic E-state index is 0.666. The van der Waals surface area contributed by atoms with E-state index in [1.165, 1.54) is 0 Å². The van der Waals surface area contributed by atoms with Gasteiger partial charge in [0.05, 0.1) is 17.3 Å². The number of hydrogen-bond donors (Lipinski definition) is 0. The fraction of sp³-hybridized carbons (Fsp3) is 0. The van der Waals surface area contributed by atoms with E-state index < -0.39 is 0 Å². The lowest BCUT2D eigenvalue weighted by molar-refractivity contribution is 0.931. The molecule has 1 aromatic carbocycles. The summed E-state index contributed by atoms with van der Waals surface area (Å²) in [7, 11) is 0. The van der Waals surface area contributed by atoms with Crippen molar-refractivity contribution in [1.29, 1.82) is 5.26 Å². The van der Waals surface area contributed by atoms with Gasteiger partial charge in [-0.15, -0.1) is 0 Å². The molecular weight excluding hydrogens is 337 g/mol. The number of benzene rings is 1. The van der Waals surface area contributed by atoms with E-state index in [0.29, 0.717) is 5.56 Å². The van der Waals surface area contributed by atoms with Crippen molar-refractivity contribution >= 4 is 28.1 Å². The third-order valence-electron chi connectivity index (χ3n) is 2.83. The van der Waals surface area contributed by atoms with Gasteiger partial charge in [-0.2, -0.15) is 10.4 Å². The van der Waals surface area contributed by atoms with Gasteiger partial charge in [-0.25, -0.2) is 4.52 Å². The van der Waals surface area contributed by atoms with Crippen molar-refractivity contribution in [3.8, 4) is 17.2 Å². The standard InChI is InChI=1S/C14H8IN3/c15-14-8-11(10-4-2-1-3-5-10)12(9-16)13-6-7-17-18(13)14/h1-8H. The molecule has 0 spiro atoms. The van der Waals surface area contributed by atoms with Crippen molar-refractivity contribution in [3.63, 3.8) is 0 Å². The first-order valence-electron chi connectivity index (χ1n) is 5.43. The van der Waals surface area contributed by atoms with Crippen molar-refractivity contribution in [2.24, 2.45) is 0 Å². The molecule has 0 amide bonds. The fourth-order valence-corrected chi connectivity index (χ4v) is 2.71. The van der Waals surface area contributed by atoms with Gasteiger partial charge in [0.1, 0.15) is 9.77 Å². The van der Waals surface area contributed by atoms with Crippen molar-refractivity contribution < 1.29 is 0 Å². The molecule has 18 heavy (non-hydrogen) atoms. The Labute approximate surface area is 118 Å². The molecule has 0 radical (unpaired) electrons. The molecule has 3 aromatic rings. The van der Waals surface area contributed by atoms with Crippen molar-refractivity contribution in [3.05, 3.63) is 57.9 Å². The van der Waals surface area contributed by atoms with Crippen LogP contribution in [0.3, 0.4) is 0 Å². The number of hydrogen-bond acceptors (Lipinski definition) is 2. The maximum Gasteiger partial charge on any atom is 0.104 e. The van der Waals surface area contributed by atoms with Crippen LogP contribution < -0.4 is 0 Å². The lowest BCUT2D eigenvalue weighted by Crippen LogP contribution is -1.97. The predicted molar refractivity (Wildman–Crippen MR) is 78.1 cm³/mol. The number of aromatic nitrogens is 2. The highest BCUT2D eigenvalue weighted by Gasteiger charge is 2.12. The third-order valence-corrected chi connectivity index (χ3v) is 3.60. The Kier molecular flexibility index (Phi) is 2.76. The van der Waals surface area contributed by atoms with E-state index in [0.717, 1.165) is 20.3 Å². The summed E-state index contributed by atoms with van der Waals surface area (Å²) in [6, 6.07) is 16.1. The van der Waals surface area contributed by atoms with Gasteiger partial charge in [0.15, 0.2) is 0 Å². The van der Waals surface area contributed by atoms with Crippen LogP contribution in [0.15, 0.2) is 48.7 Å². The zero-order valence-corrected chi connectivity index (χ0v) is 11.5. The van der Waals surface area contributed by atoms with Gasteiger partial charge in [-0.1, -0.05) is 30.3 Å². The molecular formula is C14H8IN3. The molecule has 0 atom stereocenters. The highest BCUT2D eigenvalue weighted by Crippen LogP contribution is 2.28. The second-order valence-corrected chi connectivity index (χ2v) is 4.97. The number of nitriles is 1. The average Bonchev–Trinajstić information content (AvgIpc) is 2.89. The van der Waals surface area contributed by atoms with E-state index in [9.17, 15) is 5.26 Å². The lowest BCUT2D eigenvalue weighted by Gasteiger charge is -2.07. The molecule has 0 unspecified atom stereocenters. The topological polar surface area (TPSA) is 41.1 Å². The normalized spacial score (nSPS) is 10.4. The fourth-order valence-electron chi connectivity index (χ4n) is 2.02. The van der Waals surface area contributed by atoms with Gasteiger partial charge >= 0.3 is 0 Å². The first-order chi connectivity index (χ1) is 8.81. The van der Waals surface area contributed by atoms with Gasteiger partial charge in [0, 0.05) is 5.56 Å². The molecule has 3 nitrogen and oxygen atoms in total. The van der Waals surface area contributed by atoms with Crippen LogP contribution in [0.5, 0.6) is 0 Å². The zero-order valence-electron chi connectivity index (χ0n) is 9.34. The Morgan fingerprint density at radius 3 is 2.67 bits per heavy atom. The Balaban J connectivity index is 2.40. The molecule has 0 saturated heterocycles. The van der Waals surface area contributed by atoms with Crippen molar-refractivity contribution in [1.82, 2.24) is 9.61 Å². The SMILES string of the molecule is N#Cc1c(-c2ccccc2)cc(I)n2nccc12. The van der Waals surface area contributed by atoms with Crippen LogP contribution >= 0.6 is 22.6 Å². The highest BCUT2D eigenvalue weighted by molar-refractivity contribution is 14.1. The van der Waals surface area contributed by atoms with Gasteiger partial charge in [-0.05, 0) is 40.3 Å². The number of fused-ring (bicyclic) bond motifs is 1. The minimum Gasteiger partial charge on any atom is -0.226 e. The predicted octanol–water partition coefficient (Wildman–Crippen LogP) is 3.48. The van der Waals surface area contributed by atoms with Crippen LogP contribution in [0.2, 0.25) is 0 Å². The van der Waals surface area contributed by atoms with E-state index in [1.54, 1.807) is 10.7 Å². The summed E-state index contributed by atoms with van der Waals surface area (Å²) in [5.74, 6) is 0. The van der Waals surface area contributed by atoms with E-state index in [1.807, 2.05) is 42.5 Å². The van der Waals surface area contributed by atoms with Crippen LogP contribution in [0, 0.1) is 15.0 Å². The van der Waals surface area contributed by atoms with Crippen LogP contribution in [0.25, 0.3) is 16.6 Å². The Morgan fingerprint density at radius 1 is 1.17 bits per heavy atom. The molecule has 0 fully saturated rings. The van der Waals surface area contributed by atoms with E-state index in [4.69, 9.17) is 0 Å². The summed E-state index contributed by atoms with van der Waals surface area (Å²) in [5.41, 5.74) is 3.52. The van der Waals surface area contributed by atoms with Gasteiger partial charge < -0.3 is 0 Å². The first-order valence-corrected chi connectivity index (χ1v) is 6.51. The number of pyridine rings is 1. The second kappa shape index (κ2) is 4.42. The summed E-state index contributed by atoms with van der Waals surface area (Å²) < 4.78 is 2.77. The van der Waals surface area contributed by atoms with Gasteiger partial charge in [0.2, 0.25) is 0 Å². The summed E-state index contributed by atoms with van der Waals surface area (Å²) in [6.07, 6.45) is 1.72. The van der Waals surface area contributed by atoms with Crippen LogP contribution in [-0.4, -0.2) is 9.61 Å². The van der Waals surface area contributed by atoms with Crippen molar-refractivity contribution in [2.45, 2.75) is 0 Å². The molecule has 0 aliphatic heterocycles. The second-order valence-electron chi connectivity index (χ2n) is 3.86. The quantitative estimate of drug-likeness (QED) is 0.501. The summed E-state index contributed by atoms with van der Waals surface area (Å²) in [6.45, 7) is 0. The van der Waals surface area contributed by atoms with Crippen molar-refractivity contribution in [2.75, 3.05) is 0 Å². The van der Waals surface area contributed by atoms with Gasteiger partial charge in [0.25, 0.3) is 0 Å². The molecule has 0 aliphatic carbocycles. The maximum atomic E-state index is 9.39. The molecule has 3 rings (SSSR count). The molecule has 4 heteroatoms. The minimum atomic E-state index is 0.666. The zero-order chi connectivity index (χ0) is 12.5. The Hall–Kier alpha value is -1.87. The average molecular weight is 345 g/mol. The van der Waals surface area contributed by atoms with E-state index >= 15 is 0 Å². The summed E-state index contributed by atoms with van der Waals surface area (Å²) in [5, 5.41) is 13.6. The maximum absolute atomic E-state index is 9.39. The molecule has 0 N–H and O–H groups in total. The summed E-state index contributed by atoms with van der Waals surface area (Å²) >= 11 is 2.23. The Morgan fingerprint density at radius 2 is 1.94 bits per heavy atom. The number of rotatable bonds is 1. The van der Waals surface area contributed by atoms with Crippen LogP contribution in [0.1, 0.15) is 5.56 Å². The van der Waals surface area contributed by atoms with Crippen LogP contribution in [0.4, 0.5) is 0 Å². The molecule has 86 valence electrons. The van der Waals surface area contributed by atoms with E-state index in [-0.39, 0.29) is 0 Å². The smallest absolute Gasteiger partial charge is 0.104 e. The monoisotopic (exact) mass is 345 g/mol. The largest absolute Gasteiger partial charge is 0.226 e. The molecule has 0 saturated carbocycles. The molecule has 2 aromatic heterocycles. The van der Waals surface area contributed by atoms with Gasteiger partial charge in [-0.3, -0.25) is 0 Å². The molecule has 0 aliphatic rings. The first kappa shape index (κ1) is 11.2. The van der Waals surface area contributed by atoms with E-state index in [2.05, 4.69) is 33.8 Å². The summed E-state index contributed by atoms with van der Waals surface area (Å²) in [4.78, 5) is 0. The Bertz CT molecular complexity index is 754.